The van der Waals surface area contributed by atoms with Crippen molar-refractivity contribution in [1.29, 1.82) is 0 Å². The predicted octanol–water partition coefficient (Wildman–Crippen LogP) is 2.78. The number of hydrogen-bond acceptors (Lipinski definition) is 3. The fourth-order valence-electron chi connectivity index (χ4n) is 2.45. The molecule has 0 radical (unpaired) electrons. The van der Waals surface area contributed by atoms with Gasteiger partial charge < -0.3 is 15.4 Å². The molecular weight excluding hydrogens is 260 g/mol. The van der Waals surface area contributed by atoms with Gasteiger partial charge in [0.25, 0.3) is 0 Å². The standard InChI is InChI=1S/C15H23ClN2O/c16-14-2-4-15(5-3-14)19-11-1-8-18-9-6-13(12-17)7-10-18/h2-5,13H,1,6-12,17H2. The largest absolute Gasteiger partial charge is 0.494 e. The van der Waals surface area contributed by atoms with Gasteiger partial charge in [0.05, 0.1) is 6.61 Å². The van der Waals surface area contributed by atoms with Crippen LogP contribution in [0.25, 0.3) is 0 Å². The second-order valence-electron chi connectivity index (χ2n) is 5.18. The van der Waals surface area contributed by atoms with E-state index in [1.165, 1.54) is 25.9 Å². The number of piperidine rings is 1. The number of nitrogens with two attached hydrogens (primary N) is 1. The molecule has 1 aromatic rings. The number of hydrogen-bond donors (Lipinski definition) is 1. The van der Waals surface area contributed by atoms with Crippen LogP contribution in [0.15, 0.2) is 24.3 Å². The maximum Gasteiger partial charge on any atom is 0.119 e. The summed E-state index contributed by atoms with van der Waals surface area (Å²) in [6.45, 7) is 5.09. The van der Waals surface area contributed by atoms with E-state index in [2.05, 4.69) is 4.90 Å². The molecular formula is C15H23ClN2O. The van der Waals surface area contributed by atoms with Crippen molar-refractivity contribution in [2.45, 2.75) is 19.3 Å². The molecule has 1 fully saturated rings. The van der Waals surface area contributed by atoms with Gasteiger partial charge in [0, 0.05) is 11.6 Å². The van der Waals surface area contributed by atoms with E-state index in [-0.39, 0.29) is 0 Å². The van der Waals surface area contributed by atoms with Gasteiger partial charge in [-0.3, -0.25) is 0 Å². The van der Waals surface area contributed by atoms with Crippen LogP contribution in [-0.2, 0) is 0 Å². The molecule has 1 heterocycles. The molecule has 2 N–H and O–H groups in total. The predicted molar refractivity (Wildman–Crippen MR) is 79.8 cm³/mol. The van der Waals surface area contributed by atoms with Crippen molar-refractivity contribution in [1.82, 2.24) is 4.90 Å². The normalized spacial score (nSPS) is 17.6. The highest BCUT2D eigenvalue weighted by Gasteiger charge is 2.17. The highest BCUT2D eigenvalue weighted by Crippen LogP contribution is 2.17. The minimum absolute atomic E-state index is 0.738. The van der Waals surface area contributed by atoms with Gasteiger partial charge in [0.1, 0.15) is 5.75 Å². The molecule has 106 valence electrons. The topological polar surface area (TPSA) is 38.5 Å². The Kier molecular flexibility index (Phi) is 5.95. The fourth-order valence-corrected chi connectivity index (χ4v) is 2.58. The van der Waals surface area contributed by atoms with Crippen LogP contribution in [0, 0.1) is 5.92 Å². The van der Waals surface area contributed by atoms with Crippen molar-refractivity contribution in [3.05, 3.63) is 29.3 Å². The molecule has 0 aromatic heterocycles. The van der Waals surface area contributed by atoms with Gasteiger partial charge in [-0.1, -0.05) is 11.6 Å². The van der Waals surface area contributed by atoms with Crippen LogP contribution in [0.1, 0.15) is 19.3 Å². The number of benzene rings is 1. The first kappa shape index (κ1) is 14.6. The van der Waals surface area contributed by atoms with Gasteiger partial charge in [0.2, 0.25) is 0 Å². The number of rotatable bonds is 6. The van der Waals surface area contributed by atoms with E-state index in [4.69, 9.17) is 22.1 Å². The lowest BCUT2D eigenvalue weighted by molar-refractivity contribution is 0.173. The first-order valence-corrected chi connectivity index (χ1v) is 7.46. The van der Waals surface area contributed by atoms with Crippen molar-refractivity contribution >= 4 is 11.6 Å². The van der Waals surface area contributed by atoms with Crippen LogP contribution in [-0.4, -0.2) is 37.7 Å². The van der Waals surface area contributed by atoms with Crippen molar-refractivity contribution in [2.75, 3.05) is 32.8 Å². The van der Waals surface area contributed by atoms with Gasteiger partial charge in [-0.05, 0) is 69.1 Å². The molecule has 0 aliphatic carbocycles. The van der Waals surface area contributed by atoms with E-state index in [1.807, 2.05) is 24.3 Å². The summed E-state index contributed by atoms with van der Waals surface area (Å²) in [5, 5.41) is 0.745. The van der Waals surface area contributed by atoms with Crippen molar-refractivity contribution < 1.29 is 4.74 Å². The maximum atomic E-state index is 5.83. The molecule has 19 heavy (non-hydrogen) atoms. The Bertz CT molecular complexity index is 361. The van der Waals surface area contributed by atoms with Gasteiger partial charge in [-0.2, -0.15) is 0 Å². The van der Waals surface area contributed by atoms with Crippen LogP contribution in [0.3, 0.4) is 0 Å². The third-order valence-electron chi connectivity index (χ3n) is 3.74. The van der Waals surface area contributed by atoms with Gasteiger partial charge >= 0.3 is 0 Å². The third kappa shape index (κ3) is 5.01. The smallest absolute Gasteiger partial charge is 0.119 e. The van der Waals surface area contributed by atoms with Gasteiger partial charge in [-0.15, -0.1) is 0 Å². The van der Waals surface area contributed by atoms with Gasteiger partial charge in [-0.25, -0.2) is 0 Å². The van der Waals surface area contributed by atoms with E-state index in [9.17, 15) is 0 Å². The van der Waals surface area contributed by atoms with Crippen molar-refractivity contribution in [3.63, 3.8) is 0 Å². The minimum Gasteiger partial charge on any atom is -0.494 e. The van der Waals surface area contributed by atoms with Crippen LogP contribution >= 0.6 is 11.6 Å². The van der Waals surface area contributed by atoms with Crippen molar-refractivity contribution in [3.8, 4) is 5.75 Å². The Morgan fingerprint density at radius 2 is 1.89 bits per heavy atom. The maximum absolute atomic E-state index is 5.83. The lowest BCUT2D eigenvalue weighted by Gasteiger charge is -2.31. The van der Waals surface area contributed by atoms with Crippen LogP contribution < -0.4 is 10.5 Å². The first-order valence-electron chi connectivity index (χ1n) is 7.08. The summed E-state index contributed by atoms with van der Waals surface area (Å²) < 4.78 is 5.69. The number of halogens is 1. The molecule has 0 spiro atoms. The summed E-state index contributed by atoms with van der Waals surface area (Å²) in [5.74, 6) is 1.63. The molecule has 3 nitrogen and oxygen atoms in total. The highest BCUT2D eigenvalue weighted by atomic mass is 35.5. The second-order valence-corrected chi connectivity index (χ2v) is 5.61. The molecule has 1 aliphatic heterocycles. The zero-order valence-corrected chi connectivity index (χ0v) is 12.1. The third-order valence-corrected chi connectivity index (χ3v) is 3.99. The Labute approximate surface area is 120 Å². The molecule has 0 atom stereocenters. The summed E-state index contributed by atoms with van der Waals surface area (Å²) in [4.78, 5) is 2.51. The van der Waals surface area contributed by atoms with E-state index in [0.717, 1.165) is 42.8 Å². The molecule has 1 saturated heterocycles. The minimum atomic E-state index is 0.738. The molecule has 2 rings (SSSR count). The zero-order chi connectivity index (χ0) is 13.5. The Balaban J connectivity index is 1.58. The quantitative estimate of drug-likeness (QED) is 0.816. The first-order chi connectivity index (χ1) is 9.28. The number of ether oxygens (including phenoxy) is 1. The molecule has 4 heteroatoms. The summed E-state index contributed by atoms with van der Waals surface area (Å²) in [6.07, 6.45) is 3.55. The Morgan fingerprint density at radius 1 is 1.21 bits per heavy atom. The Hall–Kier alpha value is -0.770. The van der Waals surface area contributed by atoms with E-state index in [1.54, 1.807) is 0 Å². The summed E-state index contributed by atoms with van der Waals surface area (Å²) in [5.41, 5.74) is 5.70. The molecule has 0 bridgehead atoms. The zero-order valence-electron chi connectivity index (χ0n) is 11.4. The van der Waals surface area contributed by atoms with E-state index in [0.29, 0.717) is 0 Å². The molecule has 1 aliphatic rings. The second kappa shape index (κ2) is 7.73. The summed E-state index contributed by atoms with van der Waals surface area (Å²) in [6, 6.07) is 7.53. The lowest BCUT2D eigenvalue weighted by atomic mass is 9.97. The molecule has 0 saturated carbocycles. The SMILES string of the molecule is NCC1CCN(CCCOc2ccc(Cl)cc2)CC1. The summed E-state index contributed by atoms with van der Waals surface area (Å²) in [7, 11) is 0. The van der Waals surface area contributed by atoms with Crippen LogP contribution in [0.2, 0.25) is 5.02 Å². The molecule has 1 aromatic carbocycles. The fraction of sp³-hybridized carbons (Fsp3) is 0.600. The van der Waals surface area contributed by atoms with Crippen LogP contribution in [0.5, 0.6) is 5.75 Å². The van der Waals surface area contributed by atoms with Gasteiger partial charge in [0.15, 0.2) is 0 Å². The monoisotopic (exact) mass is 282 g/mol. The number of likely N-dealkylation sites (tertiary alicyclic amines) is 1. The van der Waals surface area contributed by atoms with Crippen molar-refractivity contribution in [2.24, 2.45) is 11.7 Å². The molecule has 0 unspecified atom stereocenters. The highest BCUT2D eigenvalue weighted by molar-refractivity contribution is 6.30. The average Bonchev–Trinajstić information content (AvgIpc) is 2.46. The Morgan fingerprint density at radius 3 is 2.53 bits per heavy atom. The van der Waals surface area contributed by atoms with E-state index < -0.39 is 0 Å². The van der Waals surface area contributed by atoms with Crippen LogP contribution in [0.4, 0.5) is 0 Å². The average molecular weight is 283 g/mol. The lowest BCUT2D eigenvalue weighted by Crippen LogP contribution is -2.37. The number of nitrogens with zero attached hydrogens (tertiary/aromatic N) is 1. The summed E-state index contributed by atoms with van der Waals surface area (Å²) >= 11 is 5.83. The molecule has 0 amide bonds. The van der Waals surface area contributed by atoms with E-state index >= 15 is 0 Å².